The van der Waals surface area contributed by atoms with Gasteiger partial charge in [-0.1, -0.05) is 30.3 Å². The first-order valence-corrected chi connectivity index (χ1v) is 8.83. The summed E-state index contributed by atoms with van der Waals surface area (Å²) in [5.41, 5.74) is 3.84. The summed E-state index contributed by atoms with van der Waals surface area (Å²) < 4.78 is 5.20. The Labute approximate surface area is 159 Å². The molecule has 5 nitrogen and oxygen atoms in total. The van der Waals surface area contributed by atoms with Crippen molar-refractivity contribution in [3.63, 3.8) is 0 Å². The average molecular weight is 361 g/mol. The first-order valence-electron chi connectivity index (χ1n) is 8.83. The van der Waals surface area contributed by atoms with Crippen LogP contribution in [0.3, 0.4) is 0 Å². The molecule has 0 aromatic heterocycles. The van der Waals surface area contributed by atoms with Crippen LogP contribution in [0.2, 0.25) is 0 Å². The van der Waals surface area contributed by atoms with E-state index in [0.29, 0.717) is 6.54 Å². The van der Waals surface area contributed by atoms with Crippen LogP contribution < -0.4 is 20.7 Å². The van der Waals surface area contributed by atoms with Crippen molar-refractivity contribution in [1.82, 2.24) is 5.32 Å². The van der Waals surface area contributed by atoms with Crippen molar-refractivity contribution in [2.75, 3.05) is 24.3 Å². The van der Waals surface area contributed by atoms with Crippen LogP contribution in [-0.4, -0.2) is 19.7 Å². The maximum atomic E-state index is 12.0. The second-order valence-electron chi connectivity index (χ2n) is 6.05. The second kappa shape index (κ2) is 9.29. The van der Waals surface area contributed by atoms with Crippen molar-refractivity contribution >= 4 is 23.1 Å². The number of rotatable bonds is 7. The summed E-state index contributed by atoms with van der Waals surface area (Å²) in [6, 6.07) is 25.1. The van der Waals surface area contributed by atoms with Gasteiger partial charge in [-0.15, -0.1) is 0 Å². The minimum Gasteiger partial charge on any atom is -0.497 e. The van der Waals surface area contributed by atoms with Crippen molar-refractivity contribution in [1.29, 1.82) is 0 Å². The zero-order valence-corrected chi connectivity index (χ0v) is 15.2. The number of urea groups is 1. The maximum Gasteiger partial charge on any atom is 0.319 e. The fraction of sp³-hybridized carbons (Fsp3) is 0.136. The lowest BCUT2D eigenvalue weighted by Crippen LogP contribution is -2.30. The van der Waals surface area contributed by atoms with Crippen molar-refractivity contribution in [3.05, 3.63) is 84.4 Å². The Balaban J connectivity index is 1.45. The normalized spacial score (nSPS) is 10.1. The van der Waals surface area contributed by atoms with Gasteiger partial charge in [-0.2, -0.15) is 0 Å². The van der Waals surface area contributed by atoms with E-state index in [0.717, 1.165) is 34.8 Å². The smallest absolute Gasteiger partial charge is 0.319 e. The number of ether oxygens (including phenoxy) is 1. The number of benzene rings is 3. The molecule has 0 saturated heterocycles. The lowest BCUT2D eigenvalue weighted by molar-refractivity contribution is 0.252. The first-order chi connectivity index (χ1) is 13.2. The predicted octanol–water partition coefficient (Wildman–Crippen LogP) is 4.80. The topological polar surface area (TPSA) is 62.4 Å². The Morgan fingerprint density at radius 1 is 0.852 bits per heavy atom. The molecular formula is C22H23N3O2. The van der Waals surface area contributed by atoms with Gasteiger partial charge in [-0.3, -0.25) is 0 Å². The molecule has 0 radical (unpaired) electrons. The number of carbonyl (C=O) groups is 1. The zero-order chi connectivity index (χ0) is 18.9. The van der Waals surface area contributed by atoms with Crippen LogP contribution >= 0.6 is 0 Å². The monoisotopic (exact) mass is 361 g/mol. The number of amides is 2. The molecule has 3 rings (SSSR count). The molecule has 138 valence electrons. The van der Waals surface area contributed by atoms with E-state index >= 15 is 0 Å². The van der Waals surface area contributed by atoms with E-state index in [1.54, 1.807) is 7.11 Å². The van der Waals surface area contributed by atoms with Crippen molar-refractivity contribution in [2.24, 2.45) is 0 Å². The Morgan fingerprint density at radius 2 is 1.56 bits per heavy atom. The van der Waals surface area contributed by atoms with Gasteiger partial charge in [0, 0.05) is 23.6 Å². The van der Waals surface area contributed by atoms with Gasteiger partial charge in [0.25, 0.3) is 0 Å². The Hall–Kier alpha value is -3.47. The highest BCUT2D eigenvalue weighted by molar-refractivity contribution is 5.89. The fourth-order valence-corrected chi connectivity index (χ4v) is 2.65. The van der Waals surface area contributed by atoms with E-state index in [2.05, 4.69) is 16.0 Å². The zero-order valence-electron chi connectivity index (χ0n) is 15.2. The number of hydrogen-bond acceptors (Lipinski definition) is 3. The van der Waals surface area contributed by atoms with Crippen LogP contribution in [-0.2, 0) is 6.42 Å². The van der Waals surface area contributed by atoms with Crippen LogP contribution in [0, 0.1) is 0 Å². The van der Waals surface area contributed by atoms with E-state index in [-0.39, 0.29) is 6.03 Å². The quantitative estimate of drug-likeness (QED) is 0.566. The molecule has 2 amide bonds. The molecular weight excluding hydrogens is 338 g/mol. The van der Waals surface area contributed by atoms with Gasteiger partial charge >= 0.3 is 6.03 Å². The van der Waals surface area contributed by atoms with Crippen molar-refractivity contribution in [3.8, 4) is 5.75 Å². The molecule has 0 spiro atoms. The summed E-state index contributed by atoms with van der Waals surface area (Å²) in [5.74, 6) is 0.821. The number of hydrogen-bond donors (Lipinski definition) is 3. The molecule has 0 saturated carbocycles. The molecule has 27 heavy (non-hydrogen) atoms. The molecule has 0 aliphatic carbocycles. The Bertz CT molecular complexity index is 864. The van der Waals surface area contributed by atoms with Gasteiger partial charge in [0.2, 0.25) is 0 Å². The predicted molar refractivity (Wildman–Crippen MR) is 110 cm³/mol. The van der Waals surface area contributed by atoms with Crippen molar-refractivity contribution in [2.45, 2.75) is 6.42 Å². The molecule has 0 aliphatic rings. The summed E-state index contributed by atoms with van der Waals surface area (Å²) >= 11 is 0. The SMILES string of the molecule is COc1cccc(CCNC(=O)Nc2ccc(Nc3ccccc3)cc2)c1. The molecule has 3 N–H and O–H groups in total. The Kier molecular flexibility index (Phi) is 6.30. The fourth-order valence-electron chi connectivity index (χ4n) is 2.65. The molecule has 0 fully saturated rings. The number of anilines is 3. The van der Waals surface area contributed by atoms with E-state index in [4.69, 9.17) is 4.74 Å². The molecule has 0 unspecified atom stereocenters. The largest absolute Gasteiger partial charge is 0.497 e. The Morgan fingerprint density at radius 3 is 2.30 bits per heavy atom. The lowest BCUT2D eigenvalue weighted by Gasteiger charge is -2.10. The summed E-state index contributed by atoms with van der Waals surface area (Å²) in [6.07, 6.45) is 0.741. The molecule has 0 atom stereocenters. The summed E-state index contributed by atoms with van der Waals surface area (Å²) in [5, 5.41) is 9.01. The number of carbonyl (C=O) groups excluding carboxylic acids is 1. The minimum atomic E-state index is -0.221. The van der Waals surface area contributed by atoms with Gasteiger partial charge in [0.15, 0.2) is 0 Å². The number of nitrogens with one attached hydrogen (secondary N) is 3. The molecule has 3 aromatic carbocycles. The van der Waals surface area contributed by atoms with Gasteiger partial charge in [0.1, 0.15) is 5.75 Å². The van der Waals surface area contributed by atoms with Crippen molar-refractivity contribution < 1.29 is 9.53 Å². The molecule has 5 heteroatoms. The highest BCUT2D eigenvalue weighted by Gasteiger charge is 2.02. The van der Waals surface area contributed by atoms with Crippen LogP contribution in [0.4, 0.5) is 21.9 Å². The molecule has 0 bridgehead atoms. The van der Waals surface area contributed by atoms with E-state index in [9.17, 15) is 4.79 Å². The van der Waals surface area contributed by atoms with Gasteiger partial charge in [-0.05, 0) is 60.5 Å². The molecule has 0 aliphatic heterocycles. The third-order valence-corrected chi connectivity index (χ3v) is 4.04. The maximum absolute atomic E-state index is 12.0. The van der Waals surface area contributed by atoms with Crippen LogP contribution in [0.1, 0.15) is 5.56 Å². The van der Waals surface area contributed by atoms with Gasteiger partial charge in [-0.25, -0.2) is 4.79 Å². The lowest BCUT2D eigenvalue weighted by atomic mass is 10.1. The van der Waals surface area contributed by atoms with Gasteiger partial charge < -0.3 is 20.7 Å². The third kappa shape index (κ3) is 5.78. The average Bonchev–Trinajstić information content (AvgIpc) is 2.70. The van der Waals surface area contributed by atoms with Crippen LogP contribution in [0.5, 0.6) is 5.75 Å². The summed E-state index contributed by atoms with van der Waals surface area (Å²) in [7, 11) is 1.64. The molecule has 0 heterocycles. The highest BCUT2D eigenvalue weighted by Crippen LogP contribution is 2.18. The highest BCUT2D eigenvalue weighted by atomic mass is 16.5. The minimum absolute atomic E-state index is 0.221. The first kappa shape index (κ1) is 18.3. The third-order valence-electron chi connectivity index (χ3n) is 4.04. The van der Waals surface area contributed by atoms with E-state index < -0.39 is 0 Å². The number of methoxy groups -OCH3 is 1. The van der Waals surface area contributed by atoms with Gasteiger partial charge in [0.05, 0.1) is 7.11 Å². The van der Waals surface area contributed by atoms with Crippen LogP contribution in [0.15, 0.2) is 78.9 Å². The van der Waals surface area contributed by atoms with E-state index in [1.165, 1.54) is 0 Å². The summed E-state index contributed by atoms with van der Waals surface area (Å²) in [6.45, 7) is 0.548. The second-order valence-corrected chi connectivity index (χ2v) is 6.05. The van der Waals surface area contributed by atoms with E-state index in [1.807, 2.05) is 78.9 Å². The number of para-hydroxylation sites is 1. The summed E-state index contributed by atoms with van der Waals surface area (Å²) in [4.78, 5) is 12.0. The standard InChI is InChI=1S/C22H23N3O2/c1-27-21-9-5-6-17(16-21)14-15-23-22(26)25-20-12-10-19(11-13-20)24-18-7-3-2-4-8-18/h2-13,16,24H,14-15H2,1H3,(H2,23,25,26). The molecule has 3 aromatic rings. The van der Waals surface area contributed by atoms with Crippen LogP contribution in [0.25, 0.3) is 0 Å².